The summed E-state index contributed by atoms with van der Waals surface area (Å²) < 4.78 is 2.02. The summed E-state index contributed by atoms with van der Waals surface area (Å²) in [4.78, 5) is 4.91. The molecule has 23 heavy (non-hydrogen) atoms. The van der Waals surface area contributed by atoms with Crippen molar-refractivity contribution in [2.45, 2.75) is 53.0 Å². The van der Waals surface area contributed by atoms with E-state index < -0.39 is 0 Å². The Bertz CT molecular complexity index is 642. The summed E-state index contributed by atoms with van der Waals surface area (Å²) >= 11 is 0. The molecule has 0 bridgehead atoms. The molecular weight excluding hydrogens is 284 g/mol. The summed E-state index contributed by atoms with van der Waals surface area (Å²) in [6.07, 6.45) is 4.17. The first kappa shape index (κ1) is 17.8. The molecular formula is C19H32N4. The molecule has 2 aromatic heterocycles. The van der Waals surface area contributed by atoms with Crippen molar-refractivity contribution in [3.63, 3.8) is 0 Å². The third kappa shape index (κ3) is 3.52. The van der Waals surface area contributed by atoms with E-state index >= 15 is 0 Å². The van der Waals surface area contributed by atoms with Crippen LogP contribution in [0.5, 0.6) is 0 Å². The summed E-state index contributed by atoms with van der Waals surface area (Å²) in [7, 11) is 2.21. The molecule has 4 nitrogen and oxygen atoms in total. The van der Waals surface area contributed by atoms with E-state index in [0.29, 0.717) is 5.92 Å². The fourth-order valence-electron chi connectivity index (χ4n) is 3.09. The minimum absolute atomic E-state index is 0.209. The van der Waals surface area contributed by atoms with Gasteiger partial charge in [0.2, 0.25) is 0 Å². The van der Waals surface area contributed by atoms with Crippen LogP contribution in [0.4, 0.5) is 5.69 Å². The van der Waals surface area contributed by atoms with Gasteiger partial charge in [-0.3, -0.25) is 4.90 Å². The first-order valence-electron chi connectivity index (χ1n) is 8.82. The van der Waals surface area contributed by atoms with E-state index in [2.05, 4.69) is 68.0 Å². The van der Waals surface area contributed by atoms with Crippen molar-refractivity contribution in [2.75, 3.05) is 31.6 Å². The number of hydrogen-bond donors (Lipinski definition) is 0. The molecule has 3 heterocycles. The van der Waals surface area contributed by atoms with Gasteiger partial charge in [-0.2, -0.15) is 5.10 Å². The quantitative estimate of drug-likeness (QED) is 0.836. The topological polar surface area (TPSA) is 23.8 Å². The Morgan fingerprint density at radius 3 is 2.43 bits per heavy atom. The molecule has 4 heteroatoms. The molecule has 0 amide bonds. The lowest BCUT2D eigenvalue weighted by molar-refractivity contribution is 0.139. The summed E-state index contributed by atoms with van der Waals surface area (Å²) in [6.45, 7) is 16.3. The van der Waals surface area contributed by atoms with Crippen LogP contribution in [0.3, 0.4) is 0 Å². The zero-order valence-corrected chi connectivity index (χ0v) is 15.8. The Balaban J connectivity index is 0.000000924. The van der Waals surface area contributed by atoms with Gasteiger partial charge in [-0.05, 0) is 38.9 Å². The van der Waals surface area contributed by atoms with Crippen LogP contribution in [0.15, 0.2) is 24.5 Å². The Labute approximate surface area is 141 Å². The molecule has 0 aliphatic carbocycles. The van der Waals surface area contributed by atoms with E-state index in [1.54, 1.807) is 0 Å². The second-order valence-corrected chi connectivity index (χ2v) is 7.13. The maximum atomic E-state index is 4.53. The first-order valence-corrected chi connectivity index (χ1v) is 8.82. The van der Waals surface area contributed by atoms with Crippen LogP contribution in [0.2, 0.25) is 0 Å². The molecule has 2 aromatic rings. The van der Waals surface area contributed by atoms with Crippen molar-refractivity contribution in [3.8, 4) is 0 Å². The number of fused-ring (bicyclic) bond motifs is 1. The lowest BCUT2D eigenvalue weighted by Crippen LogP contribution is -2.57. The molecule has 0 unspecified atom stereocenters. The Kier molecular flexibility index (Phi) is 5.35. The maximum absolute atomic E-state index is 4.53. The van der Waals surface area contributed by atoms with Gasteiger partial charge in [0, 0.05) is 30.7 Å². The van der Waals surface area contributed by atoms with E-state index in [-0.39, 0.29) is 5.54 Å². The molecule has 0 atom stereocenters. The van der Waals surface area contributed by atoms with Crippen molar-refractivity contribution >= 4 is 11.2 Å². The summed E-state index contributed by atoms with van der Waals surface area (Å²) in [5, 5.41) is 4.53. The van der Waals surface area contributed by atoms with Gasteiger partial charge in [0.25, 0.3) is 0 Å². The molecule has 0 radical (unpaired) electrons. The zero-order chi connectivity index (χ0) is 17.2. The van der Waals surface area contributed by atoms with E-state index in [1.165, 1.54) is 16.8 Å². The number of anilines is 1. The molecule has 1 fully saturated rings. The van der Waals surface area contributed by atoms with Crippen LogP contribution in [-0.4, -0.2) is 46.7 Å². The number of aromatic nitrogens is 2. The smallest absolute Gasteiger partial charge is 0.0697 e. The SMILES string of the molecule is CC.CC(C)c1cnn2cc(N3CCN(C)C(C)(C)C3)ccc12. The minimum Gasteiger partial charge on any atom is -0.367 e. The van der Waals surface area contributed by atoms with Crippen molar-refractivity contribution in [2.24, 2.45) is 0 Å². The predicted molar refractivity (Wildman–Crippen MR) is 99.6 cm³/mol. The van der Waals surface area contributed by atoms with Crippen LogP contribution < -0.4 is 4.90 Å². The highest BCUT2D eigenvalue weighted by Crippen LogP contribution is 2.26. The molecule has 128 valence electrons. The number of likely N-dealkylation sites (N-methyl/N-ethyl adjacent to an activating group) is 1. The van der Waals surface area contributed by atoms with Gasteiger partial charge in [-0.15, -0.1) is 0 Å². The van der Waals surface area contributed by atoms with E-state index in [9.17, 15) is 0 Å². The van der Waals surface area contributed by atoms with Gasteiger partial charge >= 0.3 is 0 Å². The fourth-order valence-corrected chi connectivity index (χ4v) is 3.09. The normalized spacial score (nSPS) is 18.2. The van der Waals surface area contributed by atoms with Crippen LogP contribution in [0.25, 0.3) is 5.52 Å². The van der Waals surface area contributed by atoms with Gasteiger partial charge in [-0.25, -0.2) is 4.52 Å². The third-order valence-electron chi connectivity index (χ3n) is 4.83. The van der Waals surface area contributed by atoms with Crippen LogP contribution in [-0.2, 0) is 0 Å². The fraction of sp³-hybridized carbons (Fsp3) is 0.632. The number of pyridine rings is 1. The van der Waals surface area contributed by atoms with Crippen LogP contribution >= 0.6 is 0 Å². The average molecular weight is 316 g/mol. The van der Waals surface area contributed by atoms with Crippen LogP contribution in [0, 0.1) is 0 Å². The average Bonchev–Trinajstić information content (AvgIpc) is 2.95. The van der Waals surface area contributed by atoms with Gasteiger partial charge in [0.1, 0.15) is 0 Å². The Morgan fingerprint density at radius 1 is 1.13 bits per heavy atom. The van der Waals surface area contributed by atoms with Crippen LogP contribution in [0.1, 0.15) is 53.0 Å². The predicted octanol–water partition coefficient (Wildman–Crippen LogP) is 4.01. The van der Waals surface area contributed by atoms with Crippen molar-refractivity contribution in [1.82, 2.24) is 14.5 Å². The second kappa shape index (κ2) is 6.91. The van der Waals surface area contributed by atoms with Gasteiger partial charge < -0.3 is 4.90 Å². The lowest BCUT2D eigenvalue weighted by atomic mass is 9.99. The molecule has 1 aliphatic heterocycles. The number of hydrogen-bond acceptors (Lipinski definition) is 3. The summed E-state index contributed by atoms with van der Waals surface area (Å²) in [6, 6.07) is 4.45. The molecule has 3 rings (SSSR count). The summed E-state index contributed by atoms with van der Waals surface area (Å²) in [5.41, 5.74) is 4.02. The van der Waals surface area contributed by atoms with Gasteiger partial charge in [-0.1, -0.05) is 27.7 Å². The van der Waals surface area contributed by atoms with E-state index in [4.69, 9.17) is 0 Å². The largest absolute Gasteiger partial charge is 0.367 e. The zero-order valence-electron chi connectivity index (χ0n) is 15.8. The first-order chi connectivity index (χ1) is 10.9. The molecule has 0 saturated carbocycles. The molecule has 1 saturated heterocycles. The number of rotatable bonds is 2. The monoisotopic (exact) mass is 316 g/mol. The number of piperazine rings is 1. The Hall–Kier alpha value is -1.55. The van der Waals surface area contributed by atoms with Crippen molar-refractivity contribution in [3.05, 3.63) is 30.1 Å². The maximum Gasteiger partial charge on any atom is 0.0697 e. The summed E-state index contributed by atoms with van der Waals surface area (Å²) in [5.74, 6) is 0.510. The molecule has 0 aromatic carbocycles. The lowest BCUT2D eigenvalue weighted by Gasteiger charge is -2.46. The highest BCUT2D eigenvalue weighted by molar-refractivity contribution is 5.60. The Morgan fingerprint density at radius 2 is 1.83 bits per heavy atom. The molecule has 0 spiro atoms. The van der Waals surface area contributed by atoms with Gasteiger partial charge in [0.15, 0.2) is 0 Å². The van der Waals surface area contributed by atoms with E-state index in [0.717, 1.165) is 19.6 Å². The standard InChI is InChI=1S/C17H26N4.C2H6/c1-13(2)15-10-18-21-11-14(6-7-16(15)21)20-9-8-19(5)17(3,4)12-20;1-2/h6-7,10-11,13H,8-9,12H2,1-5H3;1-2H3. The minimum atomic E-state index is 0.209. The number of nitrogens with zero attached hydrogens (tertiary/aromatic N) is 4. The molecule has 1 aliphatic rings. The highest BCUT2D eigenvalue weighted by atomic mass is 15.3. The second-order valence-electron chi connectivity index (χ2n) is 7.13. The highest BCUT2D eigenvalue weighted by Gasteiger charge is 2.31. The van der Waals surface area contributed by atoms with Crippen molar-refractivity contribution < 1.29 is 0 Å². The van der Waals surface area contributed by atoms with Gasteiger partial charge in [0.05, 0.1) is 23.6 Å². The van der Waals surface area contributed by atoms with E-state index in [1.807, 2.05) is 24.6 Å². The third-order valence-corrected chi connectivity index (χ3v) is 4.83. The van der Waals surface area contributed by atoms with Crippen molar-refractivity contribution in [1.29, 1.82) is 0 Å². The molecule has 0 N–H and O–H groups in total.